The third-order valence-electron chi connectivity index (χ3n) is 3.03. The number of hydrogen-bond donors (Lipinski definition) is 1. The molecule has 2 unspecified atom stereocenters. The quantitative estimate of drug-likeness (QED) is 0.651. The lowest BCUT2D eigenvalue weighted by molar-refractivity contribution is 0.0673. The van der Waals surface area contributed by atoms with Crippen molar-refractivity contribution in [2.75, 3.05) is 0 Å². The molecule has 1 aliphatic rings. The van der Waals surface area contributed by atoms with Gasteiger partial charge in [-0.2, -0.15) is 0 Å². The van der Waals surface area contributed by atoms with Crippen LogP contribution in [0.2, 0.25) is 0 Å². The summed E-state index contributed by atoms with van der Waals surface area (Å²) in [6, 6.07) is 0. The van der Waals surface area contributed by atoms with E-state index in [0.717, 1.165) is 24.7 Å². The Morgan fingerprint density at radius 3 is 1.82 bits per heavy atom. The Morgan fingerprint density at radius 1 is 1.00 bits per heavy atom. The van der Waals surface area contributed by atoms with Crippen molar-refractivity contribution in [2.45, 2.75) is 52.1 Å². The minimum absolute atomic E-state index is 0.00125. The molecule has 0 bridgehead atoms. The van der Waals surface area contributed by atoms with Crippen LogP contribution in [0.15, 0.2) is 0 Å². The first-order valence-electron chi connectivity index (χ1n) is 4.94. The Hall–Kier alpha value is -0.0400. The Kier molecular flexibility index (Phi) is 3.38. The smallest absolute Gasteiger partial charge is 0.0545 e. The monoisotopic (exact) mass is 156 g/mol. The normalized spacial score (nSPS) is 39.0. The fraction of sp³-hybridized carbons (Fsp3) is 1.00. The van der Waals surface area contributed by atoms with Crippen molar-refractivity contribution in [3.8, 4) is 0 Å². The zero-order valence-corrected chi connectivity index (χ0v) is 7.71. The van der Waals surface area contributed by atoms with Gasteiger partial charge in [-0.1, -0.05) is 26.7 Å². The molecule has 0 radical (unpaired) electrons. The van der Waals surface area contributed by atoms with Gasteiger partial charge in [0.2, 0.25) is 0 Å². The minimum Gasteiger partial charge on any atom is -0.393 e. The summed E-state index contributed by atoms with van der Waals surface area (Å²) in [6.07, 6.45) is 5.93. The second kappa shape index (κ2) is 4.10. The third kappa shape index (κ3) is 2.48. The predicted molar refractivity (Wildman–Crippen MR) is 47.4 cm³/mol. The molecule has 2 atom stereocenters. The van der Waals surface area contributed by atoms with Gasteiger partial charge in [0.15, 0.2) is 0 Å². The summed E-state index contributed by atoms with van der Waals surface area (Å²) in [5.41, 5.74) is 0. The van der Waals surface area contributed by atoms with Crippen molar-refractivity contribution >= 4 is 0 Å². The van der Waals surface area contributed by atoms with Crippen molar-refractivity contribution in [1.82, 2.24) is 0 Å². The largest absolute Gasteiger partial charge is 0.393 e. The van der Waals surface area contributed by atoms with Crippen molar-refractivity contribution in [3.05, 3.63) is 0 Å². The van der Waals surface area contributed by atoms with E-state index >= 15 is 0 Å². The van der Waals surface area contributed by atoms with Crippen LogP contribution in [0.1, 0.15) is 46.0 Å². The Balaban J connectivity index is 2.37. The molecule has 0 aromatic rings. The second-order valence-corrected chi connectivity index (χ2v) is 3.91. The fourth-order valence-corrected chi connectivity index (χ4v) is 2.20. The van der Waals surface area contributed by atoms with Crippen molar-refractivity contribution in [3.63, 3.8) is 0 Å². The van der Waals surface area contributed by atoms with Crippen LogP contribution in [-0.4, -0.2) is 11.2 Å². The van der Waals surface area contributed by atoms with Crippen LogP contribution in [0.25, 0.3) is 0 Å². The van der Waals surface area contributed by atoms with Crippen LogP contribution in [-0.2, 0) is 0 Å². The van der Waals surface area contributed by atoms with Gasteiger partial charge < -0.3 is 5.11 Å². The molecule has 0 amide bonds. The first kappa shape index (κ1) is 9.05. The zero-order valence-electron chi connectivity index (χ0n) is 7.71. The molecule has 0 aromatic heterocycles. The standard InChI is InChI=1S/C10H20O/c1-3-8-5-9(4-2)7-10(11)6-8/h8-11H,3-7H2,1-2H3. The lowest BCUT2D eigenvalue weighted by Crippen LogP contribution is -2.25. The van der Waals surface area contributed by atoms with Crippen LogP contribution in [0, 0.1) is 11.8 Å². The van der Waals surface area contributed by atoms with Crippen molar-refractivity contribution in [2.24, 2.45) is 11.8 Å². The van der Waals surface area contributed by atoms with Gasteiger partial charge in [-0.05, 0) is 31.1 Å². The molecule has 1 fully saturated rings. The van der Waals surface area contributed by atoms with E-state index < -0.39 is 0 Å². The maximum absolute atomic E-state index is 9.51. The van der Waals surface area contributed by atoms with Gasteiger partial charge in [-0.25, -0.2) is 0 Å². The SMILES string of the molecule is CCC1CC(O)CC(CC)C1. The summed E-state index contributed by atoms with van der Waals surface area (Å²) in [5, 5.41) is 9.51. The summed E-state index contributed by atoms with van der Waals surface area (Å²) in [6.45, 7) is 4.46. The molecule has 0 heterocycles. The minimum atomic E-state index is -0.00125. The van der Waals surface area contributed by atoms with Crippen LogP contribution >= 0.6 is 0 Å². The van der Waals surface area contributed by atoms with E-state index in [1.54, 1.807) is 0 Å². The Morgan fingerprint density at radius 2 is 1.45 bits per heavy atom. The molecule has 1 nitrogen and oxygen atoms in total. The van der Waals surface area contributed by atoms with Crippen LogP contribution in [0.5, 0.6) is 0 Å². The molecule has 1 aliphatic carbocycles. The van der Waals surface area contributed by atoms with E-state index in [-0.39, 0.29) is 6.10 Å². The fourth-order valence-electron chi connectivity index (χ4n) is 2.20. The van der Waals surface area contributed by atoms with Gasteiger partial charge in [0, 0.05) is 0 Å². The van der Waals surface area contributed by atoms with Gasteiger partial charge in [0.25, 0.3) is 0 Å². The lowest BCUT2D eigenvalue weighted by atomic mass is 9.77. The second-order valence-electron chi connectivity index (χ2n) is 3.91. The topological polar surface area (TPSA) is 20.2 Å². The van der Waals surface area contributed by atoms with Gasteiger partial charge in [0.1, 0.15) is 0 Å². The molecular weight excluding hydrogens is 136 g/mol. The zero-order chi connectivity index (χ0) is 8.27. The number of aliphatic hydroxyl groups is 1. The van der Waals surface area contributed by atoms with E-state index in [1.807, 2.05) is 0 Å². The number of hydrogen-bond acceptors (Lipinski definition) is 1. The molecule has 1 heteroatoms. The van der Waals surface area contributed by atoms with Crippen LogP contribution in [0.4, 0.5) is 0 Å². The van der Waals surface area contributed by atoms with Crippen LogP contribution in [0.3, 0.4) is 0 Å². The summed E-state index contributed by atoms with van der Waals surface area (Å²) in [7, 11) is 0. The molecule has 0 aromatic carbocycles. The number of rotatable bonds is 2. The maximum Gasteiger partial charge on any atom is 0.0545 e. The Labute approximate surface area is 69.8 Å². The predicted octanol–water partition coefficient (Wildman–Crippen LogP) is 2.58. The van der Waals surface area contributed by atoms with E-state index in [2.05, 4.69) is 13.8 Å². The molecule has 0 spiro atoms. The molecule has 1 N–H and O–H groups in total. The first-order chi connectivity index (χ1) is 5.26. The van der Waals surface area contributed by atoms with Crippen molar-refractivity contribution < 1.29 is 5.11 Å². The highest BCUT2D eigenvalue weighted by atomic mass is 16.3. The summed E-state index contributed by atoms with van der Waals surface area (Å²) in [5.74, 6) is 1.59. The molecule has 0 aliphatic heterocycles. The number of aliphatic hydroxyl groups excluding tert-OH is 1. The molecular formula is C10H20O. The highest BCUT2D eigenvalue weighted by Crippen LogP contribution is 2.32. The maximum atomic E-state index is 9.51. The van der Waals surface area contributed by atoms with E-state index in [9.17, 15) is 5.11 Å². The molecule has 1 saturated carbocycles. The highest BCUT2D eigenvalue weighted by molar-refractivity contribution is 4.76. The van der Waals surface area contributed by atoms with Crippen LogP contribution < -0.4 is 0 Å². The third-order valence-corrected chi connectivity index (χ3v) is 3.03. The molecule has 11 heavy (non-hydrogen) atoms. The Bertz CT molecular complexity index is 99.4. The molecule has 0 saturated heterocycles. The van der Waals surface area contributed by atoms with Gasteiger partial charge in [0.05, 0.1) is 6.10 Å². The summed E-state index contributed by atoms with van der Waals surface area (Å²) < 4.78 is 0. The lowest BCUT2D eigenvalue weighted by Gasteiger charge is -2.31. The molecule has 1 rings (SSSR count). The van der Waals surface area contributed by atoms with E-state index in [4.69, 9.17) is 0 Å². The highest BCUT2D eigenvalue weighted by Gasteiger charge is 2.25. The van der Waals surface area contributed by atoms with Crippen molar-refractivity contribution in [1.29, 1.82) is 0 Å². The van der Waals surface area contributed by atoms with Gasteiger partial charge in [-0.3, -0.25) is 0 Å². The van der Waals surface area contributed by atoms with Gasteiger partial charge in [-0.15, -0.1) is 0 Å². The summed E-state index contributed by atoms with van der Waals surface area (Å²) >= 11 is 0. The van der Waals surface area contributed by atoms with Gasteiger partial charge >= 0.3 is 0 Å². The van der Waals surface area contributed by atoms with E-state index in [0.29, 0.717) is 0 Å². The first-order valence-corrected chi connectivity index (χ1v) is 4.94. The summed E-state index contributed by atoms with van der Waals surface area (Å²) in [4.78, 5) is 0. The molecule has 66 valence electrons. The van der Waals surface area contributed by atoms with E-state index in [1.165, 1.54) is 19.3 Å². The average Bonchev–Trinajstić information content (AvgIpc) is 2.03. The average molecular weight is 156 g/mol.